The number of benzene rings is 1. The molecule has 0 aliphatic rings. The molecule has 3 heteroatoms. The van der Waals surface area contributed by atoms with Crippen molar-refractivity contribution in [2.24, 2.45) is 0 Å². The lowest BCUT2D eigenvalue weighted by molar-refractivity contribution is -0.120. The lowest BCUT2D eigenvalue weighted by Gasteiger charge is -2.16. The van der Waals surface area contributed by atoms with E-state index in [-0.39, 0.29) is 17.7 Å². The second-order valence-corrected chi connectivity index (χ2v) is 3.57. The fourth-order valence-corrected chi connectivity index (χ4v) is 1.47. The molecule has 0 heterocycles. The number of carbonyl (C=O) groups is 2. The number of nitrogens with one attached hydrogen (secondary N) is 1. The first-order valence-electron chi connectivity index (χ1n) is 4.91. The molecular formula is C12H15NO2. The van der Waals surface area contributed by atoms with Crippen LogP contribution in [0, 0.1) is 0 Å². The van der Waals surface area contributed by atoms with Crippen LogP contribution in [0.3, 0.4) is 0 Å². The van der Waals surface area contributed by atoms with Crippen molar-refractivity contribution in [3.8, 4) is 0 Å². The Hall–Kier alpha value is -1.64. The summed E-state index contributed by atoms with van der Waals surface area (Å²) in [5, 5.41) is 2.77. The first-order chi connectivity index (χ1) is 7.09. The highest BCUT2D eigenvalue weighted by atomic mass is 16.1. The van der Waals surface area contributed by atoms with Crippen LogP contribution in [-0.2, 0) is 9.59 Å². The minimum absolute atomic E-state index is 0.0672. The van der Waals surface area contributed by atoms with E-state index in [4.69, 9.17) is 0 Å². The lowest BCUT2D eigenvalue weighted by Crippen LogP contribution is -2.27. The van der Waals surface area contributed by atoms with Gasteiger partial charge in [0.25, 0.3) is 0 Å². The van der Waals surface area contributed by atoms with Gasteiger partial charge < -0.3 is 5.32 Å². The molecule has 0 fully saturated rings. The first kappa shape index (κ1) is 11.4. The van der Waals surface area contributed by atoms with E-state index < -0.39 is 0 Å². The third kappa shape index (κ3) is 3.94. The summed E-state index contributed by atoms with van der Waals surface area (Å²) >= 11 is 0. The van der Waals surface area contributed by atoms with Crippen molar-refractivity contribution >= 4 is 11.7 Å². The second-order valence-electron chi connectivity index (χ2n) is 3.57. The van der Waals surface area contributed by atoms with Gasteiger partial charge in [0.15, 0.2) is 0 Å². The summed E-state index contributed by atoms with van der Waals surface area (Å²) in [5.41, 5.74) is 0.961. The van der Waals surface area contributed by atoms with E-state index in [1.54, 1.807) is 0 Å². The molecule has 0 saturated heterocycles. The topological polar surface area (TPSA) is 46.2 Å². The molecule has 0 aliphatic carbocycles. The van der Waals surface area contributed by atoms with Gasteiger partial charge in [-0.2, -0.15) is 0 Å². The van der Waals surface area contributed by atoms with Crippen LogP contribution in [0.1, 0.15) is 31.9 Å². The molecular weight excluding hydrogens is 190 g/mol. The van der Waals surface area contributed by atoms with Crippen molar-refractivity contribution < 1.29 is 9.59 Å². The molecule has 1 N–H and O–H groups in total. The van der Waals surface area contributed by atoms with Crippen LogP contribution in [0.25, 0.3) is 0 Å². The fourth-order valence-electron chi connectivity index (χ4n) is 1.47. The molecule has 15 heavy (non-hydrogen) atoms. The van der Waals surface area contributed by atoms with E-state index in [9.17, 15) is 9.59 Å². The van der Waals surface area contributed by atoms with E-state index >= 15 is 0 Å². The summed E-state index contributed by atoms with van der Waals surface area (Å²) < 4.78 is 0. The molecule has 1 atom stereocenters. The SMILES string of the molecule is CC(=O)C[C@H](NC(C)=O)c1ccccc1. The van der Waals surface area contributed by atoms with Gasteiger partial charge in [-0.05, 0) is 12.5 Å². The Morgan fingerprint density at radius 3 is 2.27 bits per heavy atom. The molecule has 80 valence electrons. The third-order valence-corrected chi connectivity index (χ3v) is 2.07. The lowest BCUT2D eigenvalue weighted by atomic mass is 10.0. The van der Waals surface area contributed by atoms with Crippen molar-refractivity contribution in [3.63, 3.8) is 0 Å². The quantitative estimate of drug-likeness (QED) is 0.815. The van der Waals surface area contributed by atoms with E-state index in [0.717, 1.165) is 5.56 Å². The maximum Gasteiger partial charge on any atom is 0.217 e. The van der Waals surface area contributed by atoms with Crippen LogP contribution in [0.15, 0.2) is 30.3 Å². The van der Waals surface area contributed by atoms with Crippen molar-refractivity contribution in [1.82, 2.24) is 5.32 Å². The van der Waals surface area contributed by atoms with Crippen LogP contribution >= 0.6 is 0 Å². The summed E-state index contributed by atoms with van der Waals surface area (Å²) in [6.07, 6.45) is 0.337. The molecule has 0 aliphatic heterocycles. The monoisotopic (exact) mass is 205 g/mol. The number of amides is 1. The molecule has 0 bridgehead atoms. The number of hydrogen-bond donors (Lipinski definition) is 1. The predicted molar refractivity (Wildman–Crippen MR) is 58.3 cm³/mol. The molecule has 0 unspecified atom stereocenters. The van der Waals surface area contributed by atoms with E-state index in [1.807, 2.05) is 30.3 Å². The minimum atomic E-state index is -0.207. The highest BCUT2D eigenvalue weighted by Crippen LogP contribution is 2.16. The molecule has 0 radical (unpaired) electrons. The Kier molecular flexibility index (Phi) is 4.03. The molecule has 0 saturated carbocycles. The summed E-state index contributed by atoms with van der Waals surface area (Å²) in [4.78, 5) is 22.0. The zero-order valence-electron chi connectivity index (χ0n) is 8.99. The van der Waals surface area contributed by atoms with Gasteiger partial charge in [-0.15, -0.1) is 0 Å². The number of rotatable bonds is 4. The minimum Gasteiger partial charge on any atom is -0.349 e. The fraction of sp³-hybridized carbons (Fsp3) is 0.333. The third-order valence-electron chi connectivity index (χ3n) is 2.07. The highest BCUT2D eigenvalue weighted by molar-refractivity contribution is 5.78. The Labute approximate surface area is 89.5 Å². The normalized spacial score (nSPS) is 11.9. The van der Waals surface area contributed by atoms with E-state index in [0.29, 0.717) is 6.42 Å². The Balaban J connectivity index is 2.81. The average Bonchev–Trinajstić information content (AvgIpc) is 2.17. The Morgan fingerprint density at radius 1 is 1.20 bits per heavy atom. The first-order valence-corrected chi connectivity index (χ1v) is 4.91. The van der Waals surface area contributed by atoms with Gasteiger partial charge in [0, 0.05) is 13.3 Å². The van der Waals surface area contributed by atoms with E-state index in [1.165, 1.54) is 13.8 Å². The highest BCUT2D eigenvalue weighted by Gasteiger charge is 2.13. The van der Waals surface area contributed by atoms with Crippen molar-refractivity contribution in [2.75, 3.05) is 0 Å². The van der Waals surface area contributed by atoms with E-state index in [2.05, 4.69) is 5.32 Å². The number of hydrogen-bond acceptors (Lipinski definition) is 2. The number of Topliss-reactive ketones (excluding diaryl/α,β-unsaturated/α-hetero) is 1. The maximum atomic E-state index is 11.1. The second kappa shape index (κ2) is 5.29. The average molecular weight is 205 g/mol. The van der Waals surface area contributed by atoms with Crippen LogP contribution < -0.4 is 5.32 Å². The molecule has 1 rings (SSSR count). The molecule has 0 spiro atoms. The zero-order valence-corrected chi connectivity index (χ0v) is 8.99. The molecule has 1 amide bonds. The molecule has 3 nitrogen and oxygen atoms in total. The van der Waals surface area contributed by atoms with Gasteiger partial charge in [-0.3, -0.25) is 9.59 Å². The summed E-state index contributed by atoms with van der Waals surface area (Å²) in [7, 11) is 0. The number of carbonyl (C=O) groups excluding carboxylic acids is 2. The zero-order chi connectivity index (χ0) is 11.3. The van der Waals surface area contributed by atoms with Crippen LogP contribution in [0.5, 0.6) is 0 Å². The molecule has 1 aromatic rings. The largest absolute Gasteiger partial charge is 0.349 e. The van der Waals surface area contributed by atoms with Crippen molar-refractivity contribution in [3.05, 3.63) is 35.9 Å². The Morgan fingerprint density at radius 2 is 1.80 bits per heavy atom. The number of ketones is 1. The standard InChI is InChI=1S/C12H15NO2/c1-9(14)8-12(13-10(2)15)11-6-4-3-5-7-11/h3-7,12H,8H2,1-2H3,(H,13,15)/t12-/m0/s1. The van der Waals surface area contributed by atoms with Crippen molar-refractivity contribution in [2.45, 2.75) is 26.3 Å². The van der Waals surface area contributed by atoms with Gasteiger partial charge >= 0.3 is 0 Å². The van der Waals surface area contributed by atoms with Gasteiger partial charge in [0.05, 0.1) is 6.04 Å². The van der Waals surface area contributed by atoms with Gasteiger partial charge in [0.1, 0.15) is 5.78 Å². The van der Waals surface area contributed by atoms with Gasteiger partial charge in [-0.25, -0.2) is 0 Å². The smallest absolute Gasteiger partial charge is 0.217 e. The summed E-state index contributed by atoms with van der Waals surface area (Å²) in [6.45, 7) is 2.98. The maximum absolute atomic E-state index is 11.1. The summed E-state index contributed by atoms with van der Waals surface area (Å²) in [5.74, 6) is -0.0530. The Bertz CT molecular complexity index is 330. The molecule has 1 aromatic carbocycles. The van der Waals surface area contributed by atoms with Crippen LogP contribution in [0.4, 0.5) is 0 Å². The van der Waals surface area contributed by atoms with Gasteiger partial charge in [-0.1, -0.05) is 30.3 Å². The molecule has 0 aromatic heterocycles. The van der Waals surface area contributed by atoms with Crippen LogP contribution in [0.2, 0.25) is 0 Å². The summed E-state index contributed by atoms with van der Waals surface area (Å²) in [6, 6.07) is 9.30. The van der Waals surface area contributed by atoms with Crippen molar-refractivity contribution in [1.29, 1.82) is 0 Å². The predicted octanol–water partition coefficient (Wildman–Crippen LogP) is 1.84. The van der Waals surface area contributed by atoms with Crippen LogP contribution in [-0.4, -0.2) is 11.7 Å². The van der Waals surface area contributed by atoms with Gasteiger partial charge in [0.2, 0.25) is 5.91 Å².